The topological polar surface area (TPSA) is 58.6 Å². The van der Waals surface area contributed by atoms with Gasteiger partial charge in [0.15, 0.2) is 5.96 Å². The molecule has 2 aliphatic rings. The van der Waals surface area contributed by atoms with Crippen molar-refractivity contribution in [2.75, 3.05) is 80.4 Å². The first kappa shape index (κ1) is 21.4. The van der Waals surface area contributed by atoms with Crippen molar-refractivity contribution in [1.29, 1.82) is 0 Å². The first-order valence-corrected chi connectivity index (χ1v) is 9.96. The lowest BCUT2D eigenvalue weighted by Crippen LogP contribution is -2.52. The summed E-state index contributed by atoms with van der Waals surface area (Å²) in [4.78, 5) is 9.75. The fraction of sp³-hybridized carbons (Fsp3) is 0.947. The van der Waals surface area contributed by atoms with Gasteiger partial charge in [0.05, 0.1) is 26.4 Å². The van der Waals surface area contributed by atoms with Gasteiger partial charge in [-0.05, 0) is 40.3 Å². The summed E-state index contributed by atoms with van der Waals surface area (Å²) in [6, 6.07) is 0. The van der Waals surface area contributed by atoms with Crippen molar-refractivity contribution in [3.8, 4) is 0 Å². The minimum Gasteiger partial charge on any atom is -0.382 e. The van der Waals surface area contributed by atoms with Crippen LogP contribution in [0.2, 0.25) is 0 Å². The van der Waals surface area contributed by atoms with Crippen molar-refractivity contribution in [3.63, 3.8) is 0 Å². The summed E-state index contributed by atoms with van der Waals surface area (Å²) in [5.74, 6) is 1.61. The molecule has 0 aromatic rings. The van der Waals surface area contributed by atoms with Gasteiger partial charge in [-0.1, -0.05) is 0 Å². The second-order valence-electron chi connectivity index (χ2n) is 7.57. The van der Waals surface area contributed by atoms with Crippen LogP contribution in [0.4, 0.5) is 0 Å². The molecular formula is C19H38N4O3. The molecule has 2 fully saturated rings. The van der Waals surface area contributed by atoms with Crippen molar-refractivity contribution in [1.82, 2.24) is 15.1 Å². The standard InChI is InChI=1S/C19H38N4O3/c1-5-20-18(21-16-19(22(2)3)7-10-25-11-8-19)23-9-6-17(14-23)15-26-13-12-24-4/h17H,5-16H2,1-4H3,(H,20,21). The Morgan fingerprint density at radius 1 is 1.31 bits per heavy atom. The van der Waals surface area contributed by atoms with Gasteiger partial charge in [-0.2, -0.15) is 0 Å². The summed E-state index contributed by atoms with van der Waals surface area (Å²) in [7, 11) is 6.03. The van der Waals surface area contributed by atoms with Crippen LogP contribution in [0.5, 0.6) is 0 Å². The van der Waals surface area contributed by atoms with Crippen molar-refractivity contribution in [2.24, 2.45) is 10.9 Å². The van der Waals surface area contributed by atoms with E-state index in [0.29, 0.717) is 19.1 Å². The molecule has 0 bridgehead atoms. The van der Waals surface area contributed by atoms with Crippen LogP contribution in [0.1, 0.15) is 26.2 Å². The highest BCUT2D eigenvalue weighted by molar-refractivity contribution is 5.80. The van der Waals surface area contributed by atoms with Crippen molar-refractivity contribution < 1.29 is 14.2 Å². The Bertz CT molecular complexity index is 425. The van der Waals surface area contributed by atoms with E-state index in [1.165, 1.54) is 0 Å². The molecule has 1 N–H and O–H groups in total. The van der Waals surface area contributed by atoms with Crippen LogP contribution in [0.15, 0.2) is 4.99 Å². The summed E-state index contributed by atoms with van der Waals surface area (Å²) in [6.07, 6.45) is 3.24. The van der Waals surface area contributed by atoms with Crippen LogP contribution < -0.4 is 5.32 Å². The minimum absolute atomic E-state index is 0.112. The maximum absolute atomic E-state index is 5.72. The van der Waals surface area contributed by atoms with E-state index in [1.807, 2.05) is 0 Å². The number of rotatable bonds is 9. The molecule has 0 spiro atoms. The number of likely N-dealkylation sites (N-methyl/N-ethyl adjacent to an activating group) is 1. The molecule has 26 heavy (non-hydrogen) atoms. The van der Waals surface area contributed by atoms with Gasteiger partial charge >= 0.3 is 0 Å². The zero-order chi connectivity index (χ0) is 18.8. The van der Waals surface area contributed by atoms with E-state index in [2.05, 4.69) is 36.1 Å². The lowest BCUT2D eigenvalue weighted by molar-refractivity contribution is -0.00263. The van der Waals surface area contributed by atoms with Crippen molar-refractivity contribution >= 4 is 5.96 Å². The molecule has 0 aliphatic carbocycles. The highest BCUT2D eigenvalue weighted by Crippen LogP contribution is 2.26. The molecule has 2 aliphatic heterocycles. The van der Waals surface area contributed by atoms with Gasteiger partial charge < -0.3 is 29.3 Å². The van der Waals surface area contributed by atoms with Crippen molar-refractivity contribution in [2.45, 2.75) is 31.7 Å². The fourth-order valence-electron chi connectivity index (χ4n) is 3.70. The Balaban J connectivity index is 1.91. The SMILES string of the molecule is CCNC(=NCC1(N(C)C)CCOCC1)N1CCC(COCCOC)C1. The molecule has 0 saturated carbocycles. The average Bonchev–Trinajstić information content (AvgIpc) is 3.11. The summed E-state index contributed by atoms with van der Waals surface area (Å²) < 4.78 is 16.3. The van der Waals surface area contributed by atoms with Gasteiger partial charge in [0.25, 0.3) is 0 Å². The molecule has 1 unspecified atom stereocenters. The van der Waals surface area contributed by atoms with Crippen LogP contribution in [-0.4, -0.2) is 102 Å². The van der Waals surface area contributed by atoms with Crippen LogP contribution in [-0.2, 0) is 14.2 Å². The number of hydrogen-bond donors (Lipinski definition) is 1. The van der Waals surface area contributed by atoms with E-state index in [4.69, 9.17) is 19.2 Å². The Hall–Kier alpha value is -0.890. The van der Waals surface area contributed by atoms with Crippen LogP contribution in [0, 0.1) is 5.92 Å². The lowest BCUT2D eigenvalue weighted by Gasteiger charge is -2.42. The molecule has 2 rings (SSSR count). The Labute approximate surface area is 159 Å². The number of ether oxygens (including phenoxy) is 3. The second kappa shape index (κ2) is 11.1. The molecular weight excluding hydrogens is 332 g/mol. The van der Waals surface area contributed by atoms with E-state index in [9.17, 15) is 0 Å². The molecule has 0 aromatic carbocycles. The van der Waals surface area contributed by atoms with E-state index >= 15 is 0 Å². The van der Waals surface area contributed by atoms with E-state index < -0.39 is 0 Å². The first-order chi connectivity index (χ1) is 12.6. The smallest absolute Gasteiger partial charge is 0.193 e. The number of methoxy groups -OCH3 is 1. The third-order valence-corrected chi connectivity index (χ3v) is 5.60. The predicted octanol–water partition coefficient (Wildman–Crippen LogP) is 1.05. The summed E-state index contributed by atoms with van der Waals surface area (Å²) in [6.45, 7) is 9.69. The number of hydrogen-bond acceptors (Lipinski definition) is 5. The zero-order valence-electron chi connectivity index (χ0n) is 17.1. The number of guanidine groups is 1. The molecule has 0 amide bonds. The molecule has 2 saturated heterocycles. The van der Waals surface area contributed by atoms with Gasteiger partial charge in [0.2, 0.25) is 0 Å². The molecule has 7 heteroatoms. The van der Waals surface area contributed by atoms with E-state index in [1.54, 1.807) is 7.11 Å². The third kappa shape index (κ3) is 6.08. The third-order valence-electron chi connectivity index (χ3n) is 5.60. The van der Waals surface area contributed by atoms with Crippen LogP contribution >= 0.6 is 0 Å². The first-order valence-electron chi connectivity index (χ1n) is 9.96. The average molecular weight is 371 g/mol. The summed E-state index contributed by atoms with van der Waals surface area (Å²) in [5.41, 5.74) is 0.112. The minimum atomic E-state index is 0.112. The second-order valence-corrected chi connectivity index (χ2v) is 7.57. The maximum atomic E-state index is 5.72. The highest BCUT2D eigenvalue weighted by Gasteiger charge is 2.35. The molecule has 2 heterocycles. The molecule has 1 atom stereocenters. The number of likely N-dealkylation sites (tertiary alicyclic amines) is 1. The lowest BCUT2D eigenvalue weighted by atomic mass is 9.89. The maximum Gasteiger partial charge on any atom is 0.193 e. The molecule has 7 nitrogen and oxygen atoms in total. The monoisotopic (exact) mass is 370 g/mol. The fourth-order valence-corrected chi connectivity index (χ4v) is 3.70. The van der Waals surface area contributed by atoms with Crippen LogP contribution in [0.3, 0.4) is 0 Å². The Morgan fingerprint density at radius 2 is 2.08 bits per heavy atom. The normalized spacial score (nSPS) is 23.7. The molecule has 0 radical (unpaired) electrons. The molecule has 0 aromatic heterocycles. The van der Waals surface area contributed by atoms with E-state index in [-0.39, 0.29) is 5.54 Å². The predicted molar refractivity (Wildman–Crippen MR) is 105 cm³/mol. The Morgan fingerprint density at radius 3 is 2.73 bits per heavy atom. The van der Waals surface area contributed by atoms with Gasteiger partial charge in [0.1, 0.15) is 0 Å². The Kier molecular flexibility index (Phi) is 9.11. The summed E-state index contributed by atoms with van der Waals surface area (Å²) in [5, 5.41) is 3.48. The summed E-state index contributed by atoms with van der Waals surface area (Å²) >= 11 is 0. The molecule has 152 valence electrons. The number of nitrogens with one attached hydrogen (secondary N) is 1. The van der Waals surface area contributed by atoms with Gasteiger partial charge in [-0.3, -0.25) is 4.99 Å². The highest BCUT2D eigenvalue weighted by atomic mass is 16.5. The zero-order valence-corrected chi connectivity index (χ0v) is 17.1. The van der Waals surface area contributed by atoms with Gasteiger partial charge in [-0.25, -0.2) is 0 Å². The number of aliphatic imine (C=N–C) groups is 1. The van der Waals surface area contributed by atoms with Gasteiger partial charge in [-0.15, -0.1) is 0 Å². The largest absolute Gasteiger partial charge is 0.382 e. The van der Waals surface area contributed by atoms with Gasteiger partial charge in [0, 0.05) is 51.4 Å². The van der Waals surface area contributed by atoms with Crippen LogP contribution in [0.25, 0.3) is 0 Å². The number of nitrogens with zero attached hydrogens (tertiary/aromatic N) is 3. The van der Waals surface area contributed by atoms with E-state index in [0.717, 1.165) is 71.2 Å². The van der Waals surface area contributed by atoms with Crippen molar-refractivity contribution in [3.05, 3.63) is 0 Å². The quantitative estimate of drug-likeness (QED) is 0.372.